The highest BCUT2D eigenvalue weighted by Gasteiger charge is 2.22. The van der Waals surface area contributed by atoms with Crippen molar-refractivity contribution in [1.29, 1.82) is 10.7 Å². The molecule has 1 aromatic carbocycles. The molecular formula is C19H18BrFN10O2. The predicted molar refractivity (Wildman–Crippen MR) is 121 cm³/mol. The third kappa shape index (κ3) is 6.21. The van der Waals surface area contributed by atoms with Gasteiger partial charge in [-0.25, -0.2) is 14.1 Å². The van der Waals surface area contributed by atoms with Crippen molar-refractivity contribution in [3.8, 4) is 6.19 Å². The van der Waals surface area contributed by atoms with Crippen molar-refractivity contribution in [2.45, 2.75) is 13.0 Å². The van der Waals surface area contributed by atoms with Crippen molar-refractivity contribution in [3.05, 3.63) is 58.7 Å². The molecule has 0 spiro atoms. The Morgan fingerprint density at radius 3 is 2.91 bits per heavy atom. The Morgan fingerprint density at radius 2 is 2.21 bits per heavy atom. The van der Waals surface area contributed by atoms with Crippen LogP contribution in [0.25, 0.3) is 0 Å². The lowest BCUT2D eigenvalue weighted by molar-refractivity contribution is 0.300. The third-order valence-electron chi connectivity index (χ3n) is 4.11. The average molecular weight is 517 g/mol. The standard InChI is InChI=1S/C19H18BrFN10O2/c1-11(27-19(26-10-22)28-12-4-6-24-7-5-12)9-25-18-16(29-33-30-18)17(23)31(32)13-2-3-15(21)14(20)8-13/h2-8,11,23,32H,9H2,1H3,(H,25,30)(H2,24,26,27,28)/b23-17-. The van der Waals surface area contributed by atoms with Gasteiger partial charge in [0.25, 0.3) is 0 Å². The number of nitrogens with one attached hydrogen (secondary N) is 4. The number of nitrogens with zero attached hydrogens (tertiary/aromatic N) is 6. The maximum Gasteiger partial charge on any atom is 0.212 e. The molecule has 1 atom stereocenters. The number of rotatable bonds is 7. The van der Waals surface area contributed by atoms with Gasteiger partial charge < -0.3 is 16.0 Å². The minimum atomic E-state index is -0.522. The number of pyridine rings is 1. The molecule has 1 unspecified atom stereocenters. The fourth-order valence-electron chi connectivity index (χ4n) is 2.54. The molecule has 0 radical (unpaired) electrons. The number of halogens is 2. The Labute approximate surface area is 197 Å². The van der Waals surface area contributed by atoms with Crippen molar-refractivity contribution >= 4 is 44.9 Å². The first-order chi connectivity index (χ1) is 16.4. The molecule has 0 fully saturated rings. The molecule has 0 aliphatic rings. The van der Waals surface area contributed by atoms with E-state index in [9.17, 15) is 9.60 Å². The summed E-state index contributed by atoms with van der Waals surface area (Å²) < 4.78 is 25.8. The summed E-state index contributed by atoms with van der Waals surface area (Å²) in [7, 11) is 0. The van der Waals surface area contributed by atoms with E-state index in [1.807, 2.05) is 6.92 Å². The van der Waals surface area contributed by atoms with E-state index in [4.69, 9.17) is 11.3 Å². The number of anilines is 3. The molecule has 33 heavy (non-hydrogen) atoms. The van der Waals surface area contributed by atoms with Gasteiger partial charge >= 0.3 is 0 Å². The lowest BCUT2D eigenvalue weighted by atomic mass is 10.2. The normalized spacial score (nSPS) is 13.0. The molecular weight excluding hydrogens is 499 g/mol. The summed E-state index contributed by atoms with van der Waals surface area (Å²) in [6.45, 7) is 2.07. The van der Waals surface area contributed by atoms with Gasteiger partial charge in [-0.1, -0.05) is 0 Å². The van der Waals surface area contributed by atoms with Crippen LogP contribution in [0, 0.1) is 22.7 Å². The van der Waals surface area contributed by atoms with E-state index in [2.05, 4.69) is 57.6 Å². The number of aliphatic imine (C=N–C) groups is 1. The molecule has 0 amide bonds. The van der Waals surface area contributed by atoms with Crippen LogP contribution in [0.1, 0.15) is 12.6 Å². The molecule has 3 aromatic rings. The third-order valence-corrected chi connectivity index (χ3v) is 4.72. The zero-order valence-corrected chi connectivity index (χ0v) is 18.7. The van der Waals surface area contributed by atoms with E-state index >= 15 is 0 Å². The SMILES string of the molecule is [H]/N=C(/c1nonc1NCC(C)N/C(=N\C#N)Nc1ccncc1)N(O)c1ccc(F)c(Br)c1. The molecule has 14 heteroatoms. The van der Waals surface area contributed by atoms with Crippen LogP contribution in [-0.2, 0) is 0 Å². The van der Waals surface area contributed by atoms with Gasteiger partial charge in [0, 0.05) is 30.7 Å². The van der Waals surface area contributed by atoms with Crippen LogP contribution in [0.3, 0.4) is 0 Å². The Morgan fingerprint density at radius 1 is 1.42 bits per heavy atom. The van der Waals surface area contributed by atoms with Crippen molar-refractivity contribution in [1.82, 2.24) is 20.6 Å². The van der Waals surface area contributed by atoms with Crippen LogP contribution in [0.5, 0.6) is 0 Å². The first-order valence-corrected chi connectivity index (χ1v) is 10.2. The van der Waals surface area contributed by atoms with Crippen molar-refractivity contribution in [2.75, 3.05) is 22.2 Å². The summed E-state index contributed by atoms with van der Waals surface area (Å²) in [5, 5.41) is 39.8. The summed E-state index contributed by atoms with van der Waals surface area (Å²) in [5.41, 5.74) is 0.764. The molecule has 0 aliphatic heterocycles. The molecule has 0 saturated heterocycles. The molecule has 5 N–H and O–H groups in total. The van der Waals surface area contributed by atoms with Gasteiger partial charge in [0.2, 0.25) is 18.0 Å². The lowest BCUT2D eigenvalue weighted by Crippen LogP contribution is -2.41. The second kappa shape index (κ2) is 11.0. The summed E-state index contributed by atoms with van der Waals surface area (Å²) in [5.74, 6) is -0.515. The minimum Gasteiger partial charge on any atom is -0.363 e. The maximum atomic E-state index is 13.5. The Balaban J connectivity index is 1.67. The monoisotopic (exact) mass is 516 g/mol. The summed E-state index contributed by atoms with van der Waals surface area (Å²) in [6.07, 6.45) is 4.91. The highest BCUT2D eigenvalue weighted by atomic mass is 79.9. The zero-order valence-electron chi connectivity index (χ0n) is 18.1. The van der Waals surface area contributed by atoms with E-state index in [0.29, 0.717) is 10.8 Å². The number of nitriles is 1. The number of guanidine groups is 1. The number of hydrogen-bond donors (Lipinski definition) is 5. The van der Waals surface area contributed by atoms with Crippen molar-refractivity contribution in [2.24, 2.45) is 4.99 Å². The van der Waals surface area contributed by atoms with Crippen molar-refractivity contribution in [3.63, 3.8) is 0 Å². The topological polar surface area (TPSA) is 171 Å². The van der Waals surface area contributed by atoms with Crippen LogP contribution in [-0.4, -0.2) is 44.9 Å². The van der Waals surface area contributed by atoms with Gasteiger partial charge in [0.1, 0.15) is 5.82 Å². The highest BCUT2D eigenvalue weighted by molar-refractivity contribution is 9.10. The van der Waals surface area contributed by atoms with Gasteiger partial charge in [0.15, 0.2) is 12.9 Å². The number of benzene rings is 1. The molecule has 3 rings (SSSR count). The first-order valence-electron chi connectivity index (χ1n) is 9.81. The van der Waals surface area contributed by atoms with E-state index in [0.717, 1.165) is 6.07 Å². The van der Waals surface area contributed by atoms with E-state index < -0.39 is 5.82 Å². The summed E-state index contributed by atoms with van der Waals surface area (Å²) >= 11 is 3.04. The maximum absolute atomic E-state index is 13.5. The molecule has 170 valence electrons. The second-order valence-corrected chi connectivity index (χ2v) is 7.40. The van der Waals surface area contributed by atoms with Crippen LogP contribution >= 0.6 is 15.9 Å². The molecule has 12 nitrogen and oxygen atoms in total. The van der Waals surface area contributed by atoms with Crippen molar-refractivity contribution < 1.29 is 15.6 Å². The van der Waals surface area contributed by atoms with Gasteiger partial charge in [-0.3, -0.25) is 15.6 Å². The van der Waals surface area contributed by atoms with Crippen LogP contribution in [0.2, 0.25) is 1.41 Å². The Hall–Kier alpha value is -4.09. The van der Waals surface area contributed by atoms with E-state index in [-0.39, 0.29) is 46.1 Å². The van der Waals surface area contributed by atoms with Gasteiger partial charge in [-0.05, 0) is 63.5 Å². The van der Waals surface area contributed by atoms with Crippen LogP contribution in [0.15, 0.2) is 56.8 Å². The Bertz CT molecular complexity index is 1220. The smallest absolute Gasteiger partial charge is 0.212 e. The number of hydroxylamine groups is 1. The molecule has 0 saturated carbocycles. The second-order valence-electron chi connectivity index (χ2n) is 6.54. The number of hydrogen-bond acceptors (Lipinski definition) is 9. The fourth-order valence-corrected chi connectivity index (χ4v) is 2.91. The summed E-state index contributed by atoms with van der Waals surface area (Å²) in [4.78, 5) is 7.65. The molecule has 2 heterocycles. The number of amidine groups is 1. The van der Waals surface area contributed by atoms with E-state index in [1.165, 1.54) is 12.1 Å². The molecule has 2 aromatic heterocycles. The summed E-state index contributed by atoms with van der Waals surface area (Å²) in [6, 6.07) is 6.89. The van der Waals surface area contributed by atoms with Gasteiger partial charge in [-0.2, -0.15) is 5.26 Å². The molecule has 0 bridgehead atoms. The van der Waals surface area contributed by atoms with E-state index in [1.54, 1.807) is 30.7 Å². The van der Waals surface area contributed by atoms with Gasteiger partial charge in [-0.15, -0.1) is 4.99 Å². The number of aromatic nitrogens is 3. The van der Waals surface area contributed by atoms with Crippen LogP contribution < -0.4 is 21.0 Å². The fraction of sp³-hybridized carbons (Fsp3) is 0.158. The zero-order chi connectivity index (χ0) is 24.5. The quantitative estimate of drug-likeness (QED) is 0.136. The lowest BCUT2D eigenvalue weighted by Gasteiger charge is -2.19. The highest BCUT2D eigenvalue weighted by Crippen LogP contribution is 2.24. The molecule has 0 aliphatic carbocycles. The largest absolute Gasteiger partial charge is 0.363 e. The predicted octanol–water partition coefficient (Wildman–Crippen LogP) is 2.93. The average Bonchev–Trinajstić information content (AvgIpc) is 3.29. The van der Waals surface area contributed by atoms with Gasteiger partial charge in [0.05, 0.1) is 10.2 Å². The minimum absolute atomic E-state index is 0.0500. The first kappa shape index (κ1) is 22.1. The Kier molecular flexibility index (Phi) is 7.36. The van der Waals surface area contributed by atoms with Crippen LogP contribution in [0.4, 0.5) is 21.6 Å².